The molecule has 0 aromatic heterocycles. The first-order chi connectivity index (χ1) is 8.13. The van der Waals surface area contributed by atoms with Crippen LogP contribution in [0.15, 0.2) is 22.7 Å². The Morgan fingerprint density at radius 1 is 1.44 bits per heavy atom. The minimum atomic E-state index is 0. The molecule has 1 amide bonds. The van der Waals surface area contributed by atoms with E-state index in [9.17, 15) is 4.79 Å². The zero-order valence-electron chi connectivity index (χ0n) is 10.7. The van der Waals surface area contributed by atoms with Gasteiger partial charge in [0.25, 0.3) is 0 Å². The third-order valence-corrected chi connectivity index (χ3v) is 3.46. The van der Waals surface area contributed by atoms with Gasteiger partial charge in [0, 0.05) is 50.1 Å². The fourth-order valence-electron chi connectivity index (χ4n) is 2.11. The van der Waals surface area contributed by atoms with Crippen molar-refractivity contribution < 1.29 is 37.5 Å². The average molecular weight is 382 g/mol. The molecular weight excluding hydrogens is 367 g/mol. The second-order valence-corrected chi connectivity index (χ2v) is 5.04. The van der Waals surface area contributed by atoms with Crippen LogP contribution in [-0.2, 0) is 37.5 Å². The number of hydrogen-bond acceptors (Lipinski definition) is 1. The van der Waals surface area contributed by atoms with E-state index in [2.05, 4.69) is 35.0 Å². The van der Waals surface area contributed by atoms with Crippen LogP contribution in [0.4, 0.5) is 0 Å². The number of benzene rings is 1. The van der Waals surface area contributed by atoms with Crippen LogP contribution in [0, 0.1) is 13.0 Å². The van der Waals surface area contributed by atoms with Crippen LogP contribution in [0.1, 0.15) is 30.9 Å². The minimum Gasteiger partial charge on any atom is -0.348 e. The summed E-state index contributed by atoms with van der Waals surface area (Å²) in [5, 5.41) is 0. The van der Waals surface area contributed by atoms with Crippen LogP contribution in [0.3, 0.4) is 0 Å². The van der Waals surface area contributed by atoms with Crippen molar-refractivity contribution in [2.24, 2.45) is 0 Å². The van der Waals surface area contributed by atoms with Crippen LogP contribution in [0.5, 0.6) is 0 Å². The van der Waals surface area contributed by atoms with E-state index < -0.39 is 0 Å². The number of carbonyl (C=O) groups is 1. The van der Waals surface area contributed by atoms with Crippen molar-refractivity contribution in [3.63, 3.8) is 0 Å². The molecule has 93 valence electrons. The maximum Gasteiger partial charge on any atom is 0.223 e. The van der Waals surface area contributed by atoms with Crippen LogP contribution in [-0.4, -0.2) is 17.4 Å². The Bertz CT molecular complexity index is 485. The molecule has 0 N–H and O–H groups in total. The molecule has 0 bridgehead atoms. The molecule has 0 saturated carbocycles. The molecule has 1 aromatic rings. The molecule has 0 unspecified atom stereocenters. The minimum absolute atomic E-state index is 0. The first-order valence-electron chi connectivity index (χ1n) is 5.81. The van der Waals surface area contributed by atoms with Gasteiger partial charge in [0.05, 0.1) is 0 Å². The SMILES string of the molecule is CCN1C(=O)CC[C-]=C1c1ccc(Br)cc1C.[Y]. The summed E-state index contributed by atoms with van der Waals surface area (Å²) in [4.78, 5) is 13.7. The number of nitrogens with zero attached hydrogens (tertiary/aromatic N) is 1. The standard InChI is InChI=1S/C14H15BrNO.Y/c1-3-16-13(5-4-6-14(16)17)12-8-7-11(15)9-10(12)2;/h7-9H,3-4,6H2,1-2H3;/q-1;. The van der Waals surface area contributed by atoms with E-state index in [-0.39, 0.29) is 38.6 Å². The number of allylic oxidation sites excluding steroid dienone is 1. The van der Waals surface area contributed by atoms with Gasteiger partial charge in [-0.2, -0.15) is 0 Å². The molecule has 2 nitrogen and oxygen atoms in total. The Morgan fingerprint density at radius 2 is 2.17 bits per heavy atom. The first-order valence-corrected chi connectivity index (χ1v) is 6.60. The van der Waals surface area contributed by atoms with E-state index >= 15 is 0 Å². The molecule has 2 rings (SSSR count). The monoisotopic (exact) mass is 381 g/mol. The number of halogens is 1. The number of carbonyl (C=O) groups excluding carboxylic acids is 1. The molecule has 0 aliphatic carbocycles. The predicted molar refractivity (Wildman–Crippen MR) is 72.2 cm³/mol. The van der Waals surface area contributed by atoms with Crippen LogP contribution in [0.2, 0.25) is 0 Å². The molecule has 1 heterocycles. The van der Waals surface area contributed by atoms with Crippen molar-refractivity contribution in [3.05, 3.63) is 39.9 Å². The maximum absolute atomic E-state index is 11.8. The Labute approximate surface area is 142 Å². The average Bonchev–Trinajstić information content (AvgIpc) is 2.29. The smallest absolute Gasteiger partial charge is 0.223 e. The van der Waals surface area contributed by atoms with Crippen LogP contribution >= 0.6 is 15.9 Å². The zero-order valence-corrected chi connectivity index (χ0v) is 15.1. The largest absolute Gasteiger partial charge is 0.348 e. The zero-order chi connectivity index (χ0) is 12.4. The molecule has 1 aliphatic heterocycles. The fourth-order valence-corrected chi connectivity index (χ4v) is 2.59. The van der Waals surface area contributed by atoms with Crippen molar-refractivity contribution in [2.75, 3.05) is 6.54 Å². The van der Waals surface area contributed by atoms with Crippen molar-refractivity contribution >= 4 is 27.5 Å². The Morgan fingerprint density at radius 3 is 2.78 bits per heavy atom. The number of rotatable bonds is 2. The van der Waals surface area contributed by atoms with Gasteiger partial charge in [0.15, 0.2) is 0 Å². The van der Waals surface area contributed by atoms with Gasteiger partial charge in [0.1, 0.15) is 0 Å². The van der Waals surface area contributed by atoms with Gasteiger partial charge >= 0.3 is 0 Å². The third-order valence-electron chi connectivity index (χ3n) is 2.96. The summed E-state index contributed by atoms with van der Waals surface area (Å²) in [7, 11) is 0. The molecular formula is C14H15BrNOY-. The molecule has 0 spiro atoms. The summed E-state index contributed by atoms with van der Waals surface area (Å²) in [5.74, 6) is 0.198. The maximum atomic E-state index is 11.8. The quantitative estimate of drug-likeness (QED) is 0.717. The van der Waals surface area contributed by atoms with Crippen molar-refractivity contribution in [1.82, 2.24) is 4.90 Å². The van der Waals surface area contributed by atoms with E-state index in [1.807, 2.05) is 24.0 Å². The van der Waals surface area contributed by atoms with Gasteiger partial charge in [-0.05, 0) is 6.92 Å². The molecule has 1 radical (unpaired) electrons. The summed E-state index contributed by atoms with van der Waals surface area (Å²) in [6.45, 7) is 4.76. The fraction of sp³-hybridized carbons (Fsp3) is 0.357. The van der Waals surface area contributed by atoms with Gasteiger partial charge in [0.2, 0.25) is 5.91 Å². The van der Waals surface area contributed by atoms with E-state index in [0.29, 0.717) is 13.0 Å². The normalized spacial score (nSPS) is 15.2. The van der Waals surface area contributed by atoms with E-state index in [1.54, 1.807) is 0 Å². The number of aryl methyl sites for hydroxylation is 1. The Kier molecular flexibility index (Phi) is 6.23. The second-order valence-electron chi connectivity index (χ2n) is 4.12. The molecule has 1 aliphatic rings. The Hall–Kier alpha value is 0.0139. The van der Waals surface area contributed by atoms with Crippen LogP contribution in [0.25, 0.3) is 5.70 Å². The van der Waals surface area contributed by atoms with Gasteiger partial charge in [-0.15, -0.1) is 29.3 Å². The van der Waals surface area contributed by atoms with Crippen molar-refractivity contribution in [2.45, 2.75) is 26.7 Å². The number of amides is 1. The molecule has 0 atom stereocenters. The van der Waals surface area contributed by atoms with Crippen LogP contribution < -0.4 is 0 Å². The summed E-state index contributed by atoms with van der Waals surface area (Å²) < 4.78 is 1.06. The predicted octanol–water partition coefficient (Wildman–Crippen LogP) is 3.54. The van der Waals surface area contributed by atoms with Gasteiger partial charge in [-0.3, -0.25) is 4.79 Å². The molecule has 18 heavy (non-hydrogen) atoms. The van der Waals surface area contributed by atoms with Gasteiger partial charge in [-0.1, -0.05) is 35.0 Å². The summed E-state index contributed by atoms with van der Waals surface area (Å²) in [5.41, 5.74) is 3.20. The molecule has 0 fully saturated rings. The van der Waals surface area contributed by atoms with Gasteiger partial charge < -0.3 is 4.90 Å². The van der Waals surface area contributed by atoms with Gasteiger partial charge in [-0.25, -0.2) is 6.08 Å². The third kappa shape index (κ3) is 3.31. The van der Waals surface area contributed by atoms with Crippen molar-refractivity contribution in [3.8, 4) is 0 Å². The first kappa shape index (κ1) is 16.1. The summed E-state index contributed by atoms with van der Waals surface area (Å²) in [6, 6.07) is 6.11. The van der Waals surface area contributed by atoms with E-state index in [0.717, 1.165) is 27.7 Å². The second kappa shape index (κ2) is 6.97. The number of hydrogen-bond donors (Lipinski definition) is 0. The van der Waals surface area contributed by atoms with E-state index in [4.69, 9.17) is 0 Å². The molecule has 0 saturated heterocycles. The molecule has 1 aromatic carbocycles. The van der Waals surface area contributed by atoms with Crippen molar-refractivity contribution in [1.29, 1.82) is 0 Å². The summed E-state index contributed by atoms with van der Waals surface area (Å²) in [6.07, 6.45) is 4.63. The topological polar surface area (TPSA) is 20.3 Å². The summed E-state index contributed by atoms with van der Waals surface area (Å²) >= 11 is 3.45. The molecule has 4 heteroatoms. The Balaban J connectivity index is 0.00000162. The van der Waals surface area contributed by atoms with E-state index in [1.165, 1.54) is 0 Å².